The molecule has 0 spiro atoms. The zero-order valence-electron chi connectivity index (χ0n) is 15.6. The van der Waals surface area contributed by atoms with Crippen molar-refractivity contribution in [3.05, 3.63) is 70.9 Å². The van der Waals surface area contributed by atoms with E-state index in [9.17, 15) is 0 Å². The lowest BCUT2D eigenvalue weighted by atomic mass is 10.1. The predicted molar refractivity (Wildman–Crippen MR) is 122 cm³/mol. The summed E-state index contributed by atoms with van der Waals surface area (Å²) in [5.41, 5.74) is 6.40. The summed E-state index contributed by atoms with van der Waals surface area (Å²) in [6.07, 6.45) is 0.959. The first-order chi connectivity index (χ1) is 12.2. The Morgan fingerprint density at radius 1 is 1.00 bits per heavy atom. The average molecular weight is 462 g/mol. The Balaban J connectivity index is 0.00000243. The highest BCUT2D eigenvalue weighted by atomic mass is 127. The lowest BCUT2D eigenvalue weighted by Crippen LogP contribution is -2.38. The number of nitrogens with one attached hydrogen (secondary N) is 3. The molecular weight excluding hydrogens is 435 g/mol. The molecule has 0 aliphatic rings. The minimum atomic E-state index is 0. The predicted octanol–water partition coefficient (Wildman–Crippen LogP) is 4.31. The van der Waals surface area contributed by atoms with E-state index < -0.39 is 0 Å². The molecule has 4 nitrogen and oxygen atoms in total. The Hall–Kier alpha value is -2.02. The van der Waals surface area contributed by atoms with Crippen molar-refractivity contribution in [2.45, 2.75) is 26.8 Å². The summed E-state index contributed by atoms with van der Waals surface area (Å²) in [5.74, 6) is 0.834. The van der Waals surface area contributed by atoms with Crippen molar-refractivity contribution in [3.8, 4) is 0 Å². The number of para-hydroxylation sites is 1. The lowest BCUT2D eigenvalue weighted by Gasteiger charge is -2.13. The molecule has 0 amide bonds. The third-order valence-corrected chi connectivity index (χ3v) is 4.63. The molecule has 2 aromatic carbocycles. The highest BCUT2D eigenvalue weighted by Gasteiger charge is 2.08. The summed E-state index contributed by atoms with van der Waals surface area (Å²) in [6, 6.07) is 16.9. The van der Waals surface area contributed by atoms with Crippen LogP contribution in [0.3, 0.4) is 0 Å². The fourth-order valence-corrected chi connectivity index (χ4v) is 3.17. The molecule has 0 atom stereocenters. The van der Waals surface area contributed by atoms with Crippen LogP contribution in [0.2, 0.25) is 0 Å². The minimum absolute atomic E-state index is 0. The Morgan fingerprint density at radius 2 is 1.73 bits per heavy atom. The first-order valence-corrected chi connectivity index (χ1v) is 8.74. The van der Waals surface area contributed by atoms with Gasteiger partial charge in [-0.2, -0.15) is 0 Å². The number of aromatic nitrogens is 1. The Labute approximate surface area is 172 Å². The van der Waals surface area contributed by atoms with Gasteiger partial charge in [0.1, 0.15) is 0 Å². The van der Waals surface area contributed by atoms with Gasteiger partial charge in [0, 0.05) is 36.7 Å². The third-order valence-electron chi connectivity index (χ3n) is 4.63. The van der Waals surface area contributed by atoms with E-state index in [0.717, 1.165) is 25.5 Å². The van der Waals surface area contributed by atoms with Gasteiger partial charge < -0.3 is 15.6 Å². The van der Waals surface area contributed by atoms with Crippen LogP contribution in [0.15, 0.2) is 53.5 Å². The molecule has 0 saturated heterocycles. The van der Waals surface area contributed by atoms with Crippen LogP contribution < -0.4 is 10.6 Å². The highest BCUT2D eigenvalue weighted by molar-refractivity contribution is 14.0. The maximum absolute atomic E-state index is 4.32. The van der Waals surface area contributed by atoms with Crippen LogP contribution in [0.25, 0.3) is 10.9 Å². The van der Waals surface area contributed by atoms with E-state index in [1.165, 1.54) is 33.3 Å². The van der Waals surface area contributed by atoms with Crippen LogP contribution in [0.4, 0.5) is 0 Å². The highest BCUT2D eigenvalue weighted by Crippen LogP contribution is 2.21. The number of aromatic amines is 1. The van der Waals surface area contributed by atoms with E-state index in [2.05, 4.69) is 83.0 Å². The number of aryl methyl sites for hydroxylation is 2. The number of aliphatic imine (C=N–C) groups is 1. The standard InChI is InChI=1S/C21H26N4.HI/c1-15-8-4-5-9-17(15)14-24-21(22-3)23-13-12-18-16(2)25-20-11-7-6-10-19(18)20;/h4-11,25H,12-14H2,1-3H3,(H2,22,23,24);1H. The molecule has 1 aromatic heterocycles. The second kappa shape index (κ2) is 9.62. The van der Waals surface area contributed by atoms with Crippen molar-refractivity contribution >= 4 is 40.8 Å². The van der Waals surface area contributed by atoms with Gasteiger partial charge in [0.05, 0.1) is 0 Å². The summed E-state index contributed by atoms with van der Waals surface area (Å²) in [4.78, 5) is 7.78. The van der Waals surface area contributed by atoms with Crippen molar-refractivity contribution in [3.63, 3.8) is 0 Å². The van der Waals surface area contributed by atoms with Crippen molar-refractivity contribution in [2.75, 3.05) is 13.6 Å². The molecule has 0 saturated carbocycles. The van der Waals surface area contributed by atoms with Crippen LogP contribution in [0.1, 0.15) is 22.4 Å². The number of H-pyrrole nitrogens is 1. The molecule has 3 N–H and O–H groups in total. The number of nitrogens with zero attached hydrogens (tertiary/aromatic N) is 1. The SMILES string of the molecule is CN=C(NCCc1c(C)[nH]c2ccccc12)NCc1ccccc1C.I. The normalized spacial score (nSPS) is 11.3. The van der Waals surface area contributed by atoms with E-state index in [1.807, 2.05) is 7.05 Å². The third kappa shape index (κ3) is 4.78. The smallest absolute Gasteiger partial charge is 0.191 e. The van der Waals surface area contributed by atoms with Crippen LogP contribution in [-0.2, 0) is 13.0 Å². The summed E-state index contributed by atoms with van der Waals surface area (Å²) in [5, 5.41) is 8.11. The number of fused-ring (bicyclic) bond motifs is 1. The summed E-state index contributed by atoms with van der Waals surface area (Å²) >= 11 is 0. The topological polar surface area (TPSA) is 52.2 Å². The Morgan fingerprint density at radius 3 is 2.50 bits per heavy atom. The quantitative estimate of drug-likeness (QED) is 0.301. The summed E-state index contributed by atoms with van der Waals surface area (Å²) in [7, 11) is 1.81. The molecule has 0 unspecified atom stereocenters. The van der Waals surface area contributed by atoms with E-state index in [1.54, 1.807) is 0 Å². The van der Waals surface area contributed by atoms with Crippen molar-refractivity contribution in [1.29, 1.82) is 0 Å². The second-order valence-electron chi connectivity index (χ2n) is 6.30. The number of hydrogen-bond donors (Lipinski definition) is 3. The zero-order chi connectivity index (χ0) is 17.6. The first-order valence-electron chi connectivity index (χ1n) is 8.74. The number of hydrogen-bond acceptors (Lipinski definition) is 1. The van der Waals surface area contributed by atoms with Crippen LogP contribution in [0, 0.1) is 13.8 Å². The lowest BCUT2D eigenvalue weighted by molar-refractivity contribution is 0.792. The molecule has 138 valence electrons. The van der Waals surface area contributed by atoms with Gasteiger partial charge in [0.25, 0.3) is 0 Å². The molecule has 3 rings (SSSR count). The molecule has 5 heteroatoms. The van der Waals surface area contributed by atoms with E-state index in [4.69, 9.17) is 0 Å². The van der Waals surface area contributed by atoms with Crippen molar-refractivity contribution in [1.82, 2.24) is 15.6 Å². The van der Waals surface area contributed by atoms with Crippen LogP contribution >= 0.6 is 24.0 Å². The Kier molecular flexibility index (Phi) is 7.50. The largest absolute Gasteiger partial charge is 0.358 e. The van der Waals surface area contributed by atoms with Crippen LogP contribution in [-0.4, -0.2) is 24.5 Å². The van der Waals surface area contributed by atoms with E-state index in [0.29, 0.717) is 0 Å². The Bertz CT molecular complexity index is 883. The van der Waals surface area contributed by atoms with Gasteiger partial charge in [-0.15, -0.1) is 24.0 Å². The molecule has 26 heavy (non-hydrogen) atoms. The van der Waals surface area contributed by atoms with Gasteiger partial charge in [0.2, 0.25) is 0 Å². The van der Waals surface area contributed by atoms with Gasteiger partial charge in [0.15, 0.2) is 5.96 Å². The molecule has 0 aliphatic heterocycles. The fourth-order valence-electron chi connectivity index (χ4n) is 3.17. The number of benzene rings is 2. The fraction of sp³-hybridized carbons (Fsp3) is 0.286. The number of halogens is 1. The van der Waals surface area contributed by atoms with Gasteiger partial charge >= 0.3 is 0 Å². The molecule has 0 fully saturated rings. The number of guanidine groups is 1. The summed E-state index contributed by atoms with van der Waals surface area (Å²) < 4.78 is 0. The molecule has 0 radical (unpaired) electrons. The molecule has 1 heterocycles. The zero-order valence-corrected chi connectivity index (χ0v) is 17.9. The molecule has 3 aromatic rings. The van der Waals surface area contributed by atoms with Crippen molar-refractivity contribution < 1.29 is 0 Å². The van der Waals surface area contributed by atoms with Gasteiger partial charge in [-0.3, -0.25) is 4.99 Å². The van der Waals surface area contributed by atoms with Gasteiger partial charge in [-0.05, 0) is 43.0 Å². The van der Waals surface area contributed by atoms with E-state index >= 15 is 0 Å². The number of rotatable bonds is 5. The first kappa shape index (κ1) is 20.3. The second-order valence-corrected chi connectivity index (χ2v) is 6.30. The van der Waals surface area contributed by atoms with Crippen LogP contribution in [0.5, 0.6) is 0 Å². The minimum Gasteiger partial charge on any atom is -0.358 e. The monoisotopic (exact) mass is 462 g/mol. The maximum atomic E-state index is 4.32. The average Bonchev–Trinajstić information content (AvgIpc) is 2.94. The molecular formula is C21H27IN4. The molecule has 0 aliphatic carbocycles. The van der Waals surface area contributed by atoms with Gasteiger partial charge in [-0.1, -0.05) is 42.5 Å². The van der Waals surface area contributed by atoms with Gasteiger partial charge in [-0.25, -0.2) is 0 Å². The maximum Gasteiger partial charge on any atom is 0.191 e. The molecule has 0 bridgehead atoms. The van der Waals surface area contributed by atoms with E-state index in [-0.39, 0.29) is 24.0 Å². The van der Waals surface area contributed by atoms with Crippen molar-refractivity contribution in [2.24, 2.45) is 4.99 Å². The summed E-state index contributed by atoms with van der Waals surface area (Å²) in [6.45, 7) is 5.89.